The molecule has 0 aromatic heterocycles. The van der Waals surface area contributed by atoms with Gasteiger partial charge in [-0.25, -0.2) is 0 Å². The lowest BCUT2D eigenvalue weighted by Crippen LogP contribution is -2.22. The molecule has 2 aromatic rings. The Bertz CT molecular complexity index is 1020. The molecule has 32 heavy (non-hydrogen) atoms. The van der Waals surface area contributed by atoms with Gasteiger partial charge >= 0.3 is 12.1 Å². The molecule has 0 aliphatic heterocycles. The summed E-state index contributed by atoms with van der Waals surface area (Å²) in [6.07, 6.45) is -5.21. The number of hydrogen-bond acceptors (Lipinski definition) is 5. The fourth-order valence-corrected chi connectivity index (χ4v) is 2.74. The van der Waals surface area contributed by atoms with Crippen molar-refractivity contribution in [2.75, 3.05) is 24.4 Å². The number of benzene rings is 2. The molecular formula is C20H17Cl2F3N2O5. The number of halogens is 5. The fourth-order valence-electron chi connectivity index (χ4n) is 2.41. The fraction of sp³-hybridized carbons (Fsp3) is 0.250. The molecule has 2 aromatic carbocycles. The van der Waals surface area contributed by atoms with Crippen LogP contribution in [-0.2, 0) is 25.3 Å². The first kappa shape index (κ1) is 25.3. The van der Waals surface area contributed by atoms with Crippen molar-refractivity contribution in [1.82, 2.24) is 0 Å². The number of esters is 1. The molecule has 0 bridgehead atoms. The van der Waals surface area contributed by atoms with E-state index in [9.17, 15) is 27.6 Å². The number of amides is 2. The number of rotatable bonds is 8. The summed E-state index contributed by atoms with van der Waals surface area (Å²) in [6, 6.07) is 7.02. The van der Waals surface area contributed by atoms with Crippen molar-refractivity contribution in [3.63, 3.8) is 0 Å². The van der Waals surface area contributed by atoms with E-state index in [0.29, 0.717) is 22.5 Å². The van der Waals surface area contributed by atoms with Crippen molar-refractivity contribution >= 4 is 52.4 Å². The van der Waals surface area contributed by atoms with Gasteiger partial charge in [0.05, 0.1) is 35.5 Å². The van der Waals surface area contributed by atoms with Crippen molar-refractivity contribution in [2.24, 2.45) is 0 Å². The highest BCUT2D eigenvalue weighted by Crippen LogP contribution is 2.33. The van der Waals surface area contributed by atoms with E-state index < -0.39 is 36.1 Å². The molecule has 7 nitrogen and oxygen atoms in total. The van der Waals surface area contributed by atoms with E-state index in [1.165, 1.54) is 13.2 Å². The van der Waals surface area contributed by atoms with Crippen LogP contribution in [0, 0.1) is 0 Å². The lowest BCUT2D eigenvalue weighted by molar-refractivity contribution is -0.147. The van der Waals surface area contributed by atoms with Crippen LogP contribution in [0.3, 0.4) is 0 Å². The van der Waals surface area contributed by atoms with E-state index in [0.717, 1.165) is 12.1 Å². The number of methoxy groups -OCH3 is 1. The van der Waals surface area contributed by atoms with Crippen LogP contribution in [0.2, 0.25) is 10.0 Å². The maximum absolute atomic E-state index is 12.8. The van der Waals surface area contributed by atoms with Gasteiger partial charge in [-0.2, -0.15) is 13.2 Å². The maximum Gasteiger partial charge on any atom is 0.416 e. The van der Waals surface area contributed by atoms with Crippen LogP contribution in [-0.4, -0.2) is 31.5 Å². The number of hydrogen-bond donors (Lipinski definition) is 2. The molecule has 12 heteroatoms. The van der Waals surface area contributed by atoms with E-state index >= 15 is 0 Å². The minimum atomic E-state index is -4.62. The molecule has 0 radical (unpaired) electrons. The van der Waals surface area contributed by atoms with Gasteiger partial charge in [-0.05, 0) is 36.4 Å². The lowest BCUT2D eigenvalue weighted by atomic mass is 10.2. The summed E-state index contributed by atoms with van der Waals surface area (Å²) in [4.78, 5) is 35.7. The van der Waals surface area contributed by atoms with Crippen molar-refractivity contribution in [3.8, 4) is 5.75 Å². The highest BCUT2D eigenvalue weighted by Gasteiger charge is 2.31. The van der Waals surface area contributed by atoms with E-state index in [2.05, 4.69) is 10.6 Å². The first-order valence-corrected chi connectivity index (χ1v) is 9.71. The Morgan fingerprint density at radius 1 is 0.938 bits per heavy atom. The van der Waals surface area contributed by atoms with E-state index in [-0.39, 0.29) is 23.6 Å². The average molecular weight is 493 g/mol. The largest absolute Gasteiger partial charge is 0.495 e. The number of carbonyl (C=O) groups is 3. The van der Waals surface area contributed by atoms with Gasteiger partial charge in [-0.1, -0.05) is 23.2 Å². The first-order valence-electron chi connectivity index (χ1n) is 8.95. The summed E-state index contributed by atoms with van der Waals surface area (Å²) in [5, 5.41) is 4.92. The summed E-state index contributed by atoms with van der Waals surface area (Å²) < 4.78 is 48.1. The van der Waals surface area contributed by atoms with Gasteiger partial charge in [-0.3, -0.25) is 14.4 Å². The molecule has 0 atom stereocenters. The molecule has 0 fully saturated rings. The predicted octanol–water partition coefficient (Wildman–Crippen LogP) is 4.92. The molecule has 2 amide bonds. The van der Waals surface area contributed by atoms with Crippen LogP contribution in [0.4, 0.5) is 24.5 Å². The highest BCUT2D eigenvalue weighted by molar-refractivity contribution is 6.33. The van der Waals surface area contributed by atoms with Crippen molar-refractivity contribution in [3.05, 3.63) is 52.0 Å². The molecule has 0 aliphatic carbocycles. The lowest BCUT2D eigenvalue weighted by Gasteiger charge is -2.12. The Morgan fingerprint density at radius 3 is 2.28 bits per heavy atom. The zero-order chi connectivity index (χ0) is 23.9. The molecule has 0 spiro atoms. The number of nitrogens with one attached hydrogen (secondary N) is 2. The molecule has 2 rings (SSSR count). The average Bonchev–Trinajstić information content (AvgIpc) is 2.71. The zero-order valence-corrected chi connectivity index (χ0v) is 18.0. The monoisotopic (exact) mass is 492 g/mol. The van der Waals surface area contributed by atoms with Crippen LogP contribution < -0.4 is 15.4 Å². The van der Waals surface area contributed by atoms with Gasteiger partial charge < -0.3 is 20.1 Å². The smallest absolute Gasteiger partial charge is 0.416 e. The molecule has 0 aliphatic rings. The Labute approximate surface area is 190 Å². The zero-order valence-electron chi connectivity index (χ0n) is 16.5. The molecule has 0 saturated carbocycles. The molecule has 0 heterocycles. The minimum absolute atomic E-state index is 0.120. The summed E-state index contributed by atoms with van der Waals surface area (Å²) >= 11 is 11.7. The number of carbonyl (C=O) groups excluding carboxylic acids is 3. The summed E-state index contributed by atoms with van der Waals surface area (Å²) in [5.74, 6) is -1.91. The van der Waals surface area contributed by atoms with Gasteiger partial charge in [0.25, 0.3) is 5.91 Å². The standard InChI is InChI=1S/C20H17Cl2F3N2O5/c1-31-16-5-3-12(21)9-15(16)27-17(28)6-7-19(30)32-10-18(29)26-14-8-11(20(23,24)25)2-4-13(14)22/h2-5,8-9H,6-7,10H2,1H3,(H,26,29)(H,27,28). The van der Waals surface area contributed by atoms with Crippen LogP contribution in [0.1, 0.15) is 18.4 Å². The van der Waals surface area contributed by atoms with Crippen molar-refractivity contribution < 1.29 is 37.0 Å². The third kappa shape index (κ3) is 7.61. The number of alkyl halides is 3. The number of ether oxygens (including phenoxy) is 2. The Morgan fingerprint density at radius 2 is 1.62 bits per heavy atom. The topological polar surface area (TPSA) is 93.7 Å². The van der Waals surface area contributed by atoms with Gasteiger partial charge in [-0.15, -0.1) is 0 Å². The van der Waals surface area contributed by atoms with Gasteiger partial charge in [0.1, 0.15) is 5.75 Å². The second kappa shape index (κ2) is 11.1. The first-order chi connectivity index (χ1) is 15.0. The predicted molar refractivity (Wildman–Crippen MR) is 112 cm³/mol. The Kier molecular flexibility index (Phi) is 8.73. The van der Waals surface area contributed by atoms with Crippen LogP contribution in [0.25, 0.3) is 0 Å². The SMILES string of the molecule is COc1ccc(Cl)cc1NC(=O)CCC(=O)OCC(=O)Nc1cc(C(F)(F)F)ccc1Cl. The number of anilines is 2. The maximum atomic E-state index is 12.8. The van der Waals surface area contributed by atoms with Crippen molar-refractivity contribution in [1.29, 1.82) is 0 Å². The Hall–Kier alpha value is -2.98. The molecular weight excluding hydrogens is 476 g/mol. The molecule has 0 saturated heterocycles. The van der Waals surface area contributed by atoms with E-state index in [1.54, 1.807) is 12.1 Å². The summed E-state index contributed by atoms with van der Waals surface area (Å²) in [7, 11) is 1.41. The second-order valence-corrected chi connectivity index (χ2v) is 7.14. The van der Waals surface area contributed by atoms with E-state index in [4.69, 9.17) is 32.7 Å². The summed E-state index contributed by atoms with van der Waals surface area (Å²) in [5.41, 5.74) is -0.968. The van der Waals surface area contributed by atoms with Crippen LogP contribution >= 0.6 is 23.2 Å². The van der Waals surface area contributed by atoms with Gasteiger partial charge in [0, 0.05) is 11.4 Å². The molecule has 0 unspecified atom stereocenters. The van der Waals surface area contributed by atoms with Crippen molar-refractivity contribution in [2.45, 2.75) is 19.0 Å². The second-order valence-electron chi connectivity index (χ2n) is 6.29. The Balaban J connectivity index is 1.81. The van der Waals surface area contributed by atoms with Gasteiger partial charge in [0.2, 0.25) is 5.91 Å². The normalized spacial score (nSPS) is 10.9. The van der Waals surface area contributed by atoms with Crippen LogP contribution in [0.15, 0.2) is 36.4 Å². The third-order valence-corrected chi connectivity index (χ3v) is 4.49. The molecule has 172 valence electrons. The summed E-state index contributed by atoms with van der Waals surface area (Å²) in [6.45, 7) is -0.769. The van der Waals surface area contributed by atoms with Gasteiger partial charge in [0.15, 0.2) is 6.61 Å². The van der Waals surface area contributed by atoms with Crippen LogP contribution in [0.5, 0.6) is 5.75 Å². The highest BCUT2D eigenvalue weighted by atomic mass is 35.5. The van der Waals surface area contributed by atoms with E-state index in [1.807, 2.05) is 0 Å². The molecule has 2 N–H and O–H groups in total. The third-order valence-electron chi connectivity index (χ3n) is 3.92. The quantitative estimate of drug-likeness (QED) is 0.510. The minimum Gasteiger partial charge on any atom is -0.495 e.